The lowest BCUT2D eigenvalue weighted by Crippen LogP contribution is -2.29. The van der Waals surface area contributed by atoms with Crippen LogP contribution in [0.15, 0.2) is 82.5 Å². The number of aliphatic imine (C=N–C) groups is 1. The van der Waals surface area contributed by atoms with Gasteiger partial charge in [-0.3, -0.25) is 9.20 Å². The van der Waals surface area contributed by atoms with E-state index in [9.17, 15) is 8.60 Å². The van der Waals surface area contributed by atoms with Gasteiger partial charge >= 0.3 is 0 Å². The maximum atomic E-state index is 13.3. The molecule has 0 radical (unpaired) electrons. The number of fused-ring (bicyclic) bond motifs is 1. The summed E-state index contributed by atoms with van der Waals surface area (Å²) in [4.78, 5) is 13.2. The predicted molar refractivity (Wildman–Crippen MR) is 141 cm³/mol. The van der Waals surface area contributed by atoms with Crippen LogP contribution in [0.4, 0.5) is 4.39 Å². The first-order chi connectivity index (χ1) is 17.0. The van der Waals surface area contributed by atoms with E-state index in [1.807, 2.05) is 49.4 Å². The van der Waals surface area contributed by atoms with Gasteiger partial charge in [-0.05, 0) is 43.2 Å². The molecule has 1 aliphatic heterocycles. The molecular formula is C28H28FN3O2S. The van der Waals surface area contributed by atoms with Crippen LogP contribution < -0.4 is 0 Å². The number of halogens is 1. The van der Waals surface area contributed by atoms with Crippen molar-refractivity contribution >= 4 is 33.2 Å². The van der Waals surface area contributed by atoms with Gasteiger partial charge in [0.15, 0.2) is 0 Å². The van der Waals surface area contributed by atoms with E-state index in [0.717, 1.165) is 56.7 Å². The number of allylic oxidation sites excluding steroid dienone is 2. The van der Waals surface area contributed by atoms with E-state index in [1.165, 1.54) is 24.9 Å². The Morgan fingerprint density at radius 1 is 1.14 bits per heavy atom. The Labute approximate surface area is 207 Å². The molecule has 180 valence electrons. The Bertz CT molecular complexity index is 1370. The van der Waals surface area contributed by atoms with Gasteiger partial charge in [0.05, 0.1) is 16.8 Å². The normalized spacial score (nSPS) is 18.1. The molecule has 0 saturated carbocycles. The number of nitrogens with zero attached hydrogens (tertiary/aromatic N) is 3. The van der Waals surface area contributed by atoms with E-state index in [2.05, 4.69) is 21.9 Å². The number of hydrogen-bond donors (Lipinski definition) is 0. The number of aromatic nitrogens is 2. The zero-order valence-corrected chi connectivity index (χ0v) is 20.9. The van der Waals surface area contributed by atoms with Crippen LogP contribution in [-0.2, 0) is 10.8 Å². The molecule has 0 N–H and O–H groups in total. The van der Waals surface area contributed by atoms with Crippen molar-refractivity contribution in [1.29, 1.82) is 0 Å². The summed E-state index contributed by atoms with van der Waals surface area (Å²) >= 11 is 0. The topological polar surface area (TPSA) is 68.3 Å². The second-order valence-corrected chi connectivity index (χ2v) is 9.79. The summed E-state index contributed by atoms with van der Waals surface area (Å²) in [5, 5.41) is 0.803. The first-order valence-electron chi connectivity index (χ1n) is 11.6. The van der Waals surface area contributed by atoms with Crippen molar-refractivity contribution in [1.82, 2.24) is 9.97 Å². The monoisotopic (exact) mass is 489 g/mol. The second-order valence-electron chi connectivity index (χ2n) is 8.25. The largest absolute Gasteiger partial charge is 0.438 e. The number of benzene rings is 2. The molecule has 2 aromatic carbocycles. The molecule has 4 aromatic rings. The molecule has 7 heteroatoms. The highest BCUT2D eigenvalue weighted by Crippen LogP contribution is 2.31. The molecule has 0 unspecified atom stereocenters. The van der Waals surface area contributed by atoms with Crippen LogP contribution in [0.25, 0.3) is 28.0 Å². The maximum Gasteiger partial charge on any atom is 0.230 e. The lowest BCUT2D eigenvalue weighted by Gasteiger charge is -2.22. The molecule has 5 rings (SSSR count). The quantitative estimate of drug-likeness (QED) is 0.307. The molecule has 1 saturated heterocycles. The predicted octanol–water partition coefficient (Wildman–Crippen LogP) is 6.33. The van der Waals surface area contributed by atoms with Gasteiger partial charge in [0.2, 0.25) is 5.71 Å². The van der Waals surface area contributed by atoms with Crippen molar-refractivity contribution < 1.29 is 13.0 Å². The minimum atomic E-state index is -0.422. The van der Waals surface area contributed by atoms with Gasteiger partial charge in [0, 0.05) is 46.1 Å². The van der Waals surface area contributed by atoms with Gasteiger partial charge in [0.1, 0.15) is 17.9 Å². The molecule has 1 aliphatic rings. The van der Waals surface area contributed by atoms with E-state index < -0.39 is 10.8 Å². The molecule has 0 spiro atoms. The van der Waals surface area contributed by atoms with Crippen LogP contribution in [0.1, 0.15) is 31.5 Å². The Morgan fingerprint density at radius 2 is 1.86 bits per heavy atom. The molecule has 2 aromatic heterocycles. The first-order valence-corrected chi connectivity index (χ1v) is 13.1. The fourth-order valence-electron chi connectivity index (χ4n) is 3.93. The maximum absolute atomic E-state index is 13.3. The average molecular weight is 490 g/mol. The first kappa shape index (κ1) is 24.7. The van der Waals surface area contributed by atoms with Gasteiger partial charge in [-0.2, -0.15) is 0 Å². The standard InChI is InChI=1S/C23H18FN3O.C5H10OS/c1-3-18(21(25-2)16-9-11-17(24)12-10-16)22-19-13-20(15-7-5-4-6-8-15)28-23(19)27-14-26-22;1-2-5-3-7(6)4-5/h3-14H,1-2H3;5H,2-4H2,1H3/b18-3+,25-21?;. The van der Waals surface area contributed by atoms with Crippen LogP contribution in [0.2, 0.25) is 0 Å². The Hall–Kier alpha value is -3.45. The fraction of sp³-hybridized carbons (Fsp3) is 0.250. The lowest BCUT2D eigenvalue weighted by atomic mass is 9.97. The van der Waals surface area contributed by atoms with Crippen molar-refractivity contribution in [3.05, 3.63) is 90.1 Å². The average Bonchev–Trinajstić information content (AvgIpc) is 3.32. The third-order valence-electron chi connectivity index (χ3n) is 5.95. The molecule has 1 fully saturated rings. The summed E-state index contributed by atoms with van der Waals surface area (Å²) in [6.45, 7) is 4.08. The van der Waals surface area contributed by atoms with Crippen molar-refractivity contribution in [2.45, 2.75) is 20.3 Å². The Balaban J connectivity index is 0.000000356. The summed E-state index contributed by atoms with van der Waals surface area (Å²) in [6, 6.07) is 18.1. The highest BCUT2D eigenvalue weighted by Gasteiger charge is 2.22. The van der Waals surface area contributed by atoms with Crippen LogP contribution in [0.5, 0.6) is 0 Å². The number of rotatable bonds is 5. The van der Waals surface area contributed by atoms with Gasteiger partial charge in [-0.25, -0.2) is 14.4 Å². The molecule has 35 heavy (non-hydrogen) atoms. The molecule has 0 bridgehead atoms. The molecule has 0 amide bonds. The summed E-state index contributed by atoms with van der Waals surface area (Å²) in [6.07, 6.45) is 4.64. The lowest BCUT2D eigenvalue weighted by molar-refractivity contribution is 0.571. The molecule has 0 atom stereocenters. The van der Waals surface area contributed by atoms with Crippen LogP contribution in [0, 0.1) is 11.7 Å². The minimum Gasteiger partial charge on any atom is -0.438 e. The van der Waals surface area contributed by atoms with Gasteiger partial charge in [0.25, 0.3) is 0 Å². The zero-order valence-electron chi connectivity index (χ0n) is 20.1. The molecule has 0 aliphatic carbocycles. The van der Waals surface area contributed by atoms with Gasteiger partial charge < -0.3 is 4.42 Å². The van der Waals surface area contributed by atoms with E-state index in [-0.39, 0.29) is 5.82 Å². The fourth-order valence-corrected chi connectivity index (χ4v) is 5.35. The highest BCUT2D eigenvalue weighted by atomic mass is 32.2. The van der Waals surface area contributed by atoms with Crippen LogP contribution in [0.3, 0.4) is 0 Å². The Kier molecular flexibility index (Phi) is 7.98. The SMILES string of the molecule is C/C=C(\C(=NC)c1ccc(F)cc1)c1ncnc2oc(-c3ccccc3)cc12.CCC1CS(=O)C1. The van der Waals surface area contributed by atoms with Crippen molar-refractivity contribution in [3.8, 4) is 11.3 Å². The molecule has 5 nitrogen and oxygen atoms in total. The van der Waals surface area contributed by atoms with E-state index in [1.54, 1.807) is 19.2 Å². The molecule has 3 heterocycles. The zero-order chi connectivity index (χ0) is 24.8. The summed E-state index contributed by atoms with van der Waals surface area (Å²) in [5.41, 5.74) is 4.58. The second kappa shape index (κ2) is 11.3. The number of furan rings is 1. The molecular weight excluding hydrogens is 461 g/mol. The van der Waals surface area contributed by atoms with E-state index >= 15 is 0 Å². The smallest absolute Gasteiger partial charge is 0.230 e. The van der Waals surface area contributed by atoms with Gasteiger partial charge in [-0.15, -0.1) is 0 Å². The summed E-state index contributed by atoms with van der Waals surface area (Å²) in [5.74, 6) is 3.17. The number of hydrogen-bond acceptors (Lipinski definition) is 5. The van der Waals surface area contributed by atoms with Crippen molar-refractivity contribution in [3.63, 3.8) is 0 Å². The highest BCUT2D eigenvalue weighted by molar-refractivity contribution is 7.86. The minimum absolute atomic E-state index is 0.284. The third kappa shape index (κ3) is 5.62. The van der Waals surface area contributed by atoms with E-state index in [4.69, 9.17) is 4.42 Å². The van der Waals surface area contributed by atoms with Crippen molar-refractivity contribution in [2.24, 2.45) is 10.9 Å². The van der Waals surface area contributed by atoms with E-state index in [0.29, 0.717) is 5.71 Å². The third-order valence-corrected chi connectivity index (χ3v) is 7.63. The van der Waals surface area contributed by atoms with Crippen LogP contribution >= 0.6 is 0 Å². The Morgan fingerprint density at radius 3 is 2.43 bits per heavy atom. The van der Waals surface area contributed by atoms with Crippen LogP contribution in [-0.4, -0.2) is 38.4 Å². The van der Waals surface area contributed by atoms with Crippen molar-refractivity contribution in [2.75, 3.05) is 18.6 Å². The van der Waals surface area contributed by atoms with Gasteiger partial charge in [-0.1, -0.05) is 49.8 Å². The summed E-state index contributed by atoms with van der Waals surface area (Å²) in [7, 11) is 1.29. The summed E-state index contributed by atoms with van der Waals surface area (Å²) < 4.78 is 29.7.